The third-order valence-electron chi connectivity index (χ3n) is 5.43. The van der Waals surface area contributed by atoms with Gasteiger partial charge in [-0.1, -0.05) is 6.42 Å². The maximum absolute atomic E-state index is 14.0. The maximum atomic E-state index is 14.0. The molecule has 0 aliphatic heterocycles. The van der Waals surface area contributed by atoms with Crippen molar-refractivity contribution in [3.63, 3.8) is 0 Å². The molecule has 2 saturated carbocycles. The highest BCUT2D eigenvalue weighted by atomic mass is 19.1. The third-order valence-corrected chi connectivity index (χ3v) is 5.43. The number of carbonyl (C=O) groups is 2. The van der Waals surface area contributed by atoms with Crippen molar-refractivity contribution in [2.75, 3.05) is 12.4 Å². The summed E-state index contributed by atoms with van der Waals surface area (Å²) in [6, 6.07) is 3.99. The molecule has 3 N–H and O–H groups in total. The van der Waals surface area contributed by atoms with Crippen molar-refractivity contribution < 1.29 is 18.7 Å². The highest BCUT2D eigenvalue weighted by molar-refractivity contribution is 5.95. The minimum absolute atomic E-state index is 0.0166. The lowest BCUT2D eigenvalue weighted by atomic mass is 9.65. The smallest absolute Gasteiger partial charge is 0.337 e. The number of hydrogen-bond donors (Lipinski definition) is 2. The monoisotopic (exact) mass is 334 g/mol. The number of fused-ring (bicyclic) bond motifs is 2. The van der Waals surface area contributed by atoms with E-state index in [0.29, 0.717) is 11.8 Å². The number of esters is 1. The Morgan fingerprint density at radius 1 is 1.25 bits per heavy atom. The van der Waals surface area contributed by atoms with Crippen LogP contribution >= 0.6 is 0 Å². The Morgan fingerprint density at radius 3 is 2.54 bits per heavy atom. The number of methoxy groups -OCH3 is 1. The first-order chi connectivity index (χ1) is 11.5. The van der Waals surface area contributed by atoms with Gasteiger partial charge < -0.3 is 15.8 Å². The van der Waals surface area contributed by atoms with Gasteiger partial charge in [-0.3, -0.25) is 4.79 Å². The van der Waals surface area contributed by atoms with E-state index < -0.39 is 11.8 Å². The number of nitrogens with two attached hydrogens (primary N) is 1. The lowest BCUT2D eigenvalue weighted by Crippen LogP contribution is -2.48. The van der Waals surface area contributed by atoms with E-state index >= 15 is 0 Å². The van der Waals surface area contributed by atoms with Crippen molar-refractivity contribution in [3.05, 3.63) is 29.6 Å². The minimum atomic E-state index is -0.566. The zero-order valence-corrected chi connectivity index (χ0v) is 13.8. The van der Waals surface area contributed by atoms with Crippen molar-refractivity contribution in [1.82, 2.24) is 0 Å². The molecule has 6 heteroatoms. The van der Waals surface area contributed by atoms with E-state index in [1.807, 2.05) is 0 Å². The Kier molecular flexibility index (Phi) is 4.85. The van der Waals surface area contributed by atoms with Crippen LogP contribution in [-0.2, 0) is 9.53 Å². The van der Waals surface area contributed by atoms with Crippen molar-refractivity contribution in [2.45, 2.75) is 38.1 Å². The molecular formula is C18H23FN2O3. The molecule has 1 amide bonds. The van der Waals surface area contributed by atoms with Gasteiger partial charge in [0.15, 0.2) is 0 Å². The van der Waals surface area contributed by atoms with Crippen LogP contribution in [0.3, 0.4) is 0 Å². The Morgan fingerprint density at radius 2 is 1.92 bits per heavy atom. The Balaban J connectivity index is 1.72. The Bertz CT molecular complexity index is 635. The number of anilines is 1. The van der Waals surface area contributed by atoms with Crippen molar-refractivity contribution in [2.24, 2.45) is 23.5 Å². The van der Waals surface area contributed by atoms with Crippen molar-refractivity contribution in [1.29, 1.82) is 0 Å². The fourth-order valence-electron chi connectivity index (χ4n) is 4.10. The van der Waals surface area contributed by atoms with E-state index in [1.54, 1.807) is 0 Å². The standard InChI is InChI=1S/C18H23FN2O3/c1-24-18(23)12-5-6-14(19)15(9-12)21-17(22)13-7-10-3-2-4-11(8-13)16(10)20/h5-6,9-11,13,16H,2-4,7-8,20H2,1H3,(H,21,22). The predicted molar refractivity (Wildman–Crippen MR) is 87.9 cm³/mol. The molecule has 2 aliphatic carbocycles. The van der Waals surface area contributed by atoms with E-state index in [1.165, 1.54) is 25.7 Å². The van der Waals surface area contributed by atoms with Gasteiger partial charge in [0.25, 0.3) is 0 Å². The molecular weight excluding hydrogens is 311 g/mol. The molecule has 2 bridgehead atoms. The summed E-state index contributed by atoms with van der Waals surface area (Å²) in [6.45, 7) is 0. The normalized spacial score (nSPS) is 29.0. The lowest BCUT2D eigenvalue weighted by molar-refractivity contribution is -0.122. The van der Waals surface area contributed by atoms with Crippen molar-refractivity contribution in [3.8, 4) is 0 Å². The number of benzene rings is 1. The molecule has 1 aromatic rings. The molecule has 0 heterocycles. The summed E-state index contributed by atoms with van der Waals surface area (Å²) in [7, 11) is 1.26. The quantitative estimate of drug-likeness (QED) is 0.833. The zero-order valence-electron chi connectivity index (χ0n) is 13.8. The number of halogens is 1. The van der Waals surface area contributed by atoms with Gasteiger partial charge >= 0.3 is 5.97 Å². The van der Waals surface area contributed by atoms with Crippen LogP contribution in [0.15, 0.2) is 18.2 Å². The van der Waals surface area contributed by atoms with Gasteiger partial charge in [-0.15, -0.1) is 0 Å². The summed E-state index contributed by atoms with van der Waals surface area (Å²) in [4.78, 5) is 24.1. The number of hydrogen-bond acceptors (Lipinski definition) is 4. The van der Waals surface area contributed by atoms with E-state index in [9.17, 15) is 14.0 Å². The average molecular weight is 334 g/mol. The second-order valence-corrected chi connectivity index (χ2v) is 6.87. The fraction of sp³-hybridized carbons (Fsp3) is 0.556. The first-order valence-electron chi connectivity index (χ1n) is 8.44. The summed E-state index contributed by atoms with van der Waals surface area (Å²) >= 11 is 0. The van der Waals surface area contributed by atoms with Crippen LogP contribution < -0.4 is 11.1 Å². The molecule has 1 aromatic carbocycles. The largest absolute Gasteiger partial charge is 0.465 e. The molecule has 5 nitrogen and oxygen atoms in total. The van der Waals surface area contributed by atoms with Gasteiger partial charge in [-0.2, -0.15) is 0 Å². The van der Waals surface area contributed by atoms with E-state index in [4.69, 9.17) is 5.73 Å². The summed E-state index contributed by atoms with van der Waals surface area (Å²) in [5.74, 6) is -0.729. The number of carbonyl (C=O) groups excluding carboxylic acids is 2. The molecule has 0 aromatic heterocycles. The molecule has 3 rings (SSSR count). The molecule has 2 unspecified atom stereocenters. The van der Waals surface area contributed by atoms with Crippen LogP contribution in [-0.4, -0.2) is 25.0 Å². The topological polar surface area (TPSA) is 81.4 Å². The maximum Gasteiger partial charge on any atom is 0.337 e. The molecule has 0 spiro atoms. The first-order valence-corrected chi connectivity index (χ1v) is 8.44. The molecule has 24 heavy (non-hydrogen) atoms. The van der Waals surface area contributed by atoms with Crippen LogP contribution in [0.25, 0.3) is 0 Å². The average Bonchev–Trinajstić information content (AvgIpc) is 2.55. The summed E-state index contributed by atoms with van der Waals surface area (Å²) < 4.78 is 18.6. The van der Waals surface area contributed by atoms with E-state index in [2.05, 4.69) is 10.1 Å². The molecule has 130 valence electrons. The Hall–Kier alpha value is -1.95. The number of nitrogens with one attached hydrogen (secondary N) is 1. The van der Waals surface area contributed by atoms with Crippen LogP contribution in [0.5, 0.6) is 0 Å². The number of amides is 1. The van der Waals surface area contributed by atoms with Crippen LogP contribution in [0.4, 0.5) is 10.1 Å². The summed E-state index contributed by atoms with van der Waals surface area (Å²) in [5, 5.41) is 2.64. The van der Waals surface area contributed by atoms with Crippen LogP contribution in [0, 0.1) is 23.6 Å². The highest BCUT2D eigenvalue weighted by Crippen LogP contribution is 2.42. The predicted octanol–water partition coefficient (Wildman–Crippen LogP) is 2.70. The molecule has 0 radical (unpaired) electrons. The fourth-order valence-corrected chi connectivity index (χ4v) is 4.10. The van der Waals surface area contributed by atoms with Crippen LogP contribution in [0.1, 0.15) is 42.5 Å². The van der Waals surface area contributed by atoms with E-state index in [0.717, 1.165) is 31.7 Å². The van der Waals surface area contributed by atoms with Gasteiger partial charge in [-0.25, -0.2) is 9.18 Å². The molecule has 2 atom stereocenters. The molecule has 0 saturated heterocycles. The Labute approximate surface area is 140 Å². The number of ether oxygens (including phenoxy) is 1. The summed E-state index contributed by atoms with van der Waals surface area (Å²) in [6.07, 6.45) is 4.80. The third kappa shape index (κ3) is 3.29. The second-order valence-electron chi connectivity index (χ2n) is 6.87. The van der Waals surface area contributed by atoms with Gasteiger partial charge in [-0.05, 0) is 55.7 Å². The second kappa shape index (κ2) is 6.89. The van der Waals surface area contributed by atoms with Gasteiger partial charge in [0.05, 0.1) is 18.4 Å². The molecule has 2 aliphatic rings. The van der Waals surface area contributed by atoms with Crippen LogP contribution in [0.2, 0.25) is 0 Å². The van der Waals surface area contributed by atoms with Crippen molar-refractivity contribution >= 4 is 17.6 Å². The molecule has 2 fully saturated rings. The van der Waals surface area contributed by atoms with Gasteiger partial charge in [0.2, 0.25) is 5.91 Å². The lowest BCUT2D eigenvalue weighted by Gasteiger charge is -2.43. The van der Waals surface area contributed by atoms with Gasteiger partial charge in [0.1, 0.15) is 5.82 Å². The van der Waals surface area contributed by atoms with E-state index in [-0.39, 0.29) is 29.1 Å². The SMILES string of the molecule is COC(=O)c1ccc(F)c(NC(=O)C2CC3CCCC(C2)C3N)c1. The minimum Gasteiger partial charge on any atom is -0.465 e. The highest BCUT2D eigenvalue weighted by Gasteiger charge is 2.40. The van der Waals surface area contributed by atoms with Gasteiger partial charge in [0, 0.05) is 12.0 Å². The zero-order chi connectivity index (χ0) is 17.3. The first kappa shape index (κ1) is 16.9. The summed E-state index contributed by atoms with van der Waals surface area (Å²) in [5.41, 5.74) is 6.47. The number of rotatable bonds is 3.